The van der Waals surface area contributed by atoms with Crippen LogP contribution in [0.2, 0.25) is 5.82 Å². The number of hydrogen-bond donors (Lipinski definition) is 2. The number of benzene rings is 2. The Morgan fingerprint density at radius 1 is 0.597 bits per heavy atom. The number of ether oxygens (including phenoxy) is 2. The van der Waals surface area contributed by atoms with E-state index in [2.05, 4.69) is 51.6 Å². The molecule has 0 atom stereocenters. The molecule has 6 aromatic heterocycles. The van der Waals surface area contributed by atoms with Crippen molar-refractivity contribution in [2.24, 2.45) is 0 Å². The maximum Gasteiger partial charge on any atom is 0.573 e. The van der Waals surface area contributed by atoms with Gasteiger partial charge in [-0.1, -0.05) is 79.7 Å². The highest BCUT2D eigenvalue weighted by Gasteiger charge is 2.32. The van der Waals surface area contributed by atoms with Crippen molar-refractivity contribution in [3.8, 4) is 33.8 Å². The Kier molecular flexibility index (Phi) is 17.1. The van der Waals surface area contributed by atoms with Crippen molar-refractivity contribution in [2.75, 3.05) is 0 Å². The minimum absolute atomic E-state index is 0. The van der Waals surface area contributed by atoms with Crippen molar-refractivity contribution < 1.29 is 45.9 Å². The number of hydrogen-bond acceptors (Lipinski definition) is 10. The fourth-order valence-electron chi connectivity index (χ4n) is 8.13. The number of pyridine rings is 4. The molecule has 0 amide bonds. The van der Waals surface area contributed by atoms with Gasteiger partial charge in [-0.05, 0) is 125 Å². The molecule has 2 aliphatic carbocycles. The van der Waals surface area contributed by atoms with E-state index in [0.717, 1.165) is 28.7 Å². The van der Waals surface area contributed by atoms with Crippen LogP contribution in [0.4, 0.5) is 26.3 Å². The summed E-state index contributed by atoms with van der Waals surface area (Å²) in [6.07, 6.45) is 6.43. The summed E-state index contributed by atoms with van der Waals surface area (Å²) in [5, 5.41) is 26.2. The first-order valence-electron chi connectivity index (χ1n) is 22.8. The Labute approximate surface area is 417 Å². The van der Waals surface area contributed by atoms with Crippen LogP contribution in [0.25, 0.3) is 33.5 Å². The first kappa shape index (κ1) is 53.0. The number of fused-ring (bicyclic) bond motifs is 2. The van der Waals surface area contributed by atoms with Gasteiger partial charge in [0.05, 0.1) is 13.1 Å². The Balaban J connectivity index is 0.000000178. The normalized spacial score (nSPS) is 13.9. The van der Waals surface area contributed by atoms with Crippen LogP contribution in [0.1, 0.15) is 75.2 Å². The molecule has 0 aliphatic heterocycles. The lowest BCUT2D eigenvalue weighted by atomic mass is 9.65. The predicted octanol–water partition coefficient (Wildman–Crippen LogP) is 10.5. The van der Waals surface area contributed by atoms with E-state index >= 15 is 0 Å². The highest BCUT2D eigenvalue weighted by atomic mass is 79.9. The van der Waals surface area contributed by atoms with Crippen molar-refractivity contribution >= 4 is 34.3 Å². The van der Waals surface area contributed by atoms with Gasteiger partial charge in [0, 0.05) is 53.5 Å². The minimum atomic E-state index is -4.74. The molecule has 14 nitrogen and oxygen atoms in total. The fraction of sp³-hybridized carbons (Fsp3) is 0.320. The van der Waals surface area contributed by atoms with E-state index in [1.54, 1.807) is 42.9 Å². The Hall–Kier alpha value is -6.78. The zero-order valence-corrected chi connectivity index (χ0v) is 39.4. The molecule has 0 saturated heterocycles. The summed E-state index contributed by atoms with van der Waals surface area (Å²) < 4.78 is 88.2. The van der Waals surface area contributed by atoms with Gasteiger partial charge in [-0.25, -0.2) is 27.8 Å². The van der Waals surface area contributed by atoms with Crippen LogP contribution < -0.4 is 20.9 Å². The molecule has 10 rings (SSSR count). The third kappa shape index (κ3) is 14.4. The molecule has 2 N–H and O–H groups in total. The molecule has 2 fully saturated rings. The van der Waals surface area contributed by atoms with Gasteiger partial charge in [-0.15, -0.1) is 36.5 Å². The zero-order valence-electron chi connectivity index (χ0n) is 37.8. The lowest BCUT2D eigenvalue weighted by molar-refractivity contribution is -0.275. The molecule has 0 spiro atoms. The van der Waals surface area contributed by atoms with Gasteiger partial charge in [0.1, 0.15) is 11.5 Å². The number of halogens is 7. The van der Waals surface area contributed by atoms with Gasteiger partial charge in [0.15, 0.2) is 11.3 Å². The SMILES string of the molecule is C.O=c1n(CCc2cc(Br)ccn2)nc2ccc(-c3ccc(OC(F)(F)F)cc3)cn12.O=c1n(CCc2cc(C3CC3)ccn2)nc2ccc(-c3ccc(OC(F)(F)F)cc3)cn12.OB(O)C1CCCCC1. The number of rotatable bonds is 12. The molecule has 8 aromatic rings. The van der Waals surface area contributed by atoms with Gasteiger partial charge in [0.2, 0.25) is 0 Å². The number of nitrogens with zero attached hydrogens (tertiary/aromatic N) is 8. The predicted molar refractivity (Wildman–Crippen MR) is 262 cm³/mol. The highest BCUT2D eigenvalue weighted by Crippen LogP contribution is 2.40. The van der Waals surface area contributed by atoms with Crippen molar-refractivity contribution in [2.45, 2.75) is 103 Å². The van der Waals surface area contributed by atoms with Gasteiger partial charge >= 0.3 is 31.2 Å². The van der Waals surface area contributed by atoms with Crippen LogP contribution in [0.5, 0.6) is 11.5 Å². The van der Waals surface area contributed by atoms with Crippen molar-refractivity contribution in [3.05, 3.63) is 164 Å². The molecule has 2 aliphatic rings. The van der Waals surface area contributed by atoms with E-state index in [9.17, 15) is 35.9 Å². The number of aromatic nitrogens is 8. The minimum Gasteiger partial charge on any atom is -0.427 e. The van der Waals surface area contributed by atoms with Crippen LogP contribution in [0.3, 0.4) is 0 Å². The molecule has 6 heterocycles. The van der Waals surface area contributed by atoms with Crippen LogP contribution in [0, 0.1) is 0 Å². The second-order valence-electron chi connectivity index (χ2n) is 17.1. The average molecular weight is 1060 g/mol. The van der Waals surface area contributed by atoms with E-state index < -0.39 is 19.8 Å². The molecular formula is C50H50BBrF6N8O6. The molecule has 22 heteroatoms. The summed E-state index contributed by atoms with van der Waals surface area (Å²) in [6, 6.07) is 25.7. The average Bonchev–Trinajstić information content (AvgIpc) is 4.09. The first-order valence-corrected chi connectivity index (χ1v) is 23.6. The number of alkyl halides is 6. The third-order valence-electron chi connectivity index (χ3n) is 11.9. The molecule has 0 radical (unpaired) electrons. The lowest BCUT2D eigenvalue weighted by Gasteiger charge is -2.19. The zero-order chi connectivity index (χ0) is 50.3. The molecule has 0 bridgehead atoms. The van der Waals surface area contributed by atoms with Crippen LogP contribution in [-0.4, -0.2) is 68.2 Å². The molecular weight excluding hydrogens is 1010 g/mol. The number of aryl methyl sites for hydroxylation is 4. The van der Waals surface area contributed by atoms with Crippen LogP contribution in [0.15, 0.2) is 136 Å². The third-order valence-corrected chi connectivity index (χ3v) is 12.4. The first-order chi connectivity index (χ1) is 33.9. The Bertz CT molecular complexity index is 3190. The molecule has 2 aromatic carbocycles. The largest absolute Gasteiger partial charge is 0.573 e. The highest BCUT2D eigenvalue weighted by molar-refractivity contribution is 9.10. The van der Waals surface area contributed by atoms with E-state index in [1.807, 2.05) is 24.4 Å². The van der Waals surface area contributed by atoms with Crippen molar-refractivity contribution in [1.82, 2.24) is 38.3 Å². The fourth-order valence-corrected chi connectivity index (χ4v) is 8.51. The summed E-state index contributed by atoms with van der Waals surface area (Å²) >= 11 is 3.39. The maximum absolute atomic E-state index is 12.8. The van der Waals surface area contributed by atoms with E-state index in [4.69, 9.17) is 10.0 Å². The Morgan fingerprint density at radius 3 is 1.46 bits per heavy atom. The molecule has 2 saturated carbocycles. The standard InChI is InChI=1S/C23H19F3N4O2.C20H14BrF3N4O2.C6H13BO2.CH4/c24-23(25,26)32-20-6-3-16(4-7-20)18-5-8-21-28-30(22(31)29(21)14-18)12-10-19-13-17(9-11-27-19)15-1-2-15;21-15-7-9-25-16(11-15)8-10-28-19(29)27-12-14(3-6-18(27)26-28)13-1-4-17(5-2-13)30-20(22,23)24;8-7(9)6-4-2-1-3-5-6;/h3-9,11,13-15H,1-2,10,12H2;1-7,9,11-12H,8,10H2;6,8-9H,1-5H2;1H4. The van der Waals surface area contributed by atoms with Crippen molar-refractivity contribution in [3.63, 3.8) is 0 Å². The van der Waals surface area contributed by atoms with Gasteiger partial charge < -0.3 is 19.5 Å². The van der Waals surface area contributed by atoms with Gasteiger partial charge in [-0.2, -0.15) is 0 Å². The van der Waals surface area contributed by atoms with E-state index in [0.29, 0.717) is 65.4 Å². The van der Waals surface area contributed by atoms with Crippen LogP contribution in [-0.2, 0) is 25.9 Å². The van der Waals surface area contributed by atoms with Crippen LogP contribution >= 0.6 is 15.9 Å². The molecule has 378 valence electrons. The summed E-state index contributed by atoms with van der Waals surface area (Å²) in [7, 11) is -1.06. The summed E-state index contributed by atoms with van der Waals surface area (Å²) in [5.41, 5.74) is 6.08. The lowest BCUT2D eigenvalue weighted by Crippen LogP contribution is -2.22. The summed E-state index contributed by atoms with van der Waals surface area (Å²) in [6.45, 7) is 0.767. The monoisotopic (exact) mass is 1060 g/mol. The van der Waals surface area contributed by atoms with E-state index in [1.165, 1.54) is 104 Å². The molecule has 0 unspecified atom stereocenters. The second kappa shape index (κ2) is 23.2. The van der Waals surface area contributed by atoms with Gasteiger partial charge in [-0.3, -0.25) is 9.97 Å². The quantitative estimate of drug-likeness (QED) is 0.0889. The second-order valence-corrected chi connectivity index (χ2v) is 18.0. The maximum atomic E-state index is 12.8. The smallest absolute Gasteiger partial charge is 0.427 e. The summed E-state index contributed by atoms with van der Waals surface area (Å²) in [4.78, 5) is 34.2. The summed E-state index contributed by atoms with van der Waals surface area (Å²) in [5.74, 6) is 0.200. The molecule has 72 heavy (non-hydrogen) atoms. The Morgan fingerprint density at radius 2 is 1.04 bits per heavy atom. The topological polar surface area (TPSA) is 163 Å². The van der Waals surface area contributed by atoms with Gasteiger partial charge in [0.25, 0.3) is 0 Å². The van der Waals surface area contributed by atoms with Crippen molar-refractivity contribution in [1.29, 1.82) is 0 Å². The van der Waals surface area contributed by atoms with E-state index in [-0.39, 0.29) is 36.1 Å².